The van der Waals surface area contributed by atoms with Gasteiger partial charge in [0.05, 0.1) is 5.75 Å². The molecule has 0 saturated carbocycles. The zero-order chi connectivity index (χ0) is 18.3. The van der Waals surface area contributed by atoms with E-state index in [1.165, 1.54) is 12.1 Å². The van der Waals surface area contributed by atoms with Gasteiger partial charge in [-0.2, -0.15) is 5.26 Å². The SMILES string of the molecule is CCN(C#N)C(=O)C(CS(C)(=O)=O)NC(=O)c1ccc(CCl)cc1. The number of halogens is 1. The summed E-state index contributed by atoms with van der Waals surface area (Å²) in [5.41, 5.74) is 1.08. The molecule has 130 valence electrons. The van der Waals surface area contributed by atoms with Gasteiger partial charge in [-0.25, -0.2) is 13.3 Å². The molecule has 0 aliphatic carbocycles. The number of alkyl halides is 1. The van der Waals surface area contributed by atoms with Crippen molar-refractivity contribution in [3.8, 4) is 6.19 Å². The summed E-state index contributed by atoms with van der Waals surface area (Å²) >= 11 is 5.68. The maximum Gasteiger partial charge on any atom is 0.259 e. The molecule has 1 rings (SSSR count). The molecule has 24 heavy (non-hydrogen) atoms. The summed E-state index contributed by atoms with van der Waals surface area (Å²) in [6, 6.07) is 5.03. The van der Waals surface area contributed by atoms with E-state index in [1.807, 2.05) is 0 Å². The highest BCUT2D eigenvalue weighted by Crippen LogP contribution is 2.08. The predicted octanol–water partition coefficient (Wildman–Crippen LogP) is 0.898. The highest BCUT2D eigenvalue weighted by atomic mass is 35.5. The van der Waals surface area contributed by atoms with Crippen LogP contribution in [0.4, 0.5) is 0 Å². The number of nitrogens with one attached hydrogen (secondary N) is 1. The first kappa shape index (κ1) is 19.9. The largest absolute Gasteiger partial charge is 0.339 e. The minimum absolute atomic E-state index is 0.0793. The molecule has 1 aromatic carbocycles. The van der Waals surface area contributed by atoms with Gasteiger partial charge in [0, 0.05) is 24.2 Å². The standard InChI is InChI=1S/C15H18ClN3O4S/c1-3-19(10-17)15(21)13(9-24(2,22)23)18-14(20)12-6-4-11(8-16)5-7-12/h4-7,13H,3,8-9H2,1-2H3,(H,18,20). The minimum atomic E-state index is -3.55. The maximum atomic E-state index is 12.3. The van der Waals surface area contributed by atoms with Gasteiger partial charge >= 0.3 is 0 Å². The topological polar surface area (TPSA) is 107 Å². The number of carbonyl (C=O) groups excluding carboxylic acids is 2. The molecule has 0 aromatic heterocycles. The minimum Gasteiger partial charge on any atom is -0.339 e. The third kappa shape index (κ3) is 5.83. The number of hydrogen-bond acceptors (Lipinski definition) is 5. The van der Waals surface area contributed by atoms with E-state index in [0.29, 0.717) is 5.88 Å². The van der Waals surface area contributed by atoms with Gasteiger partial charge in [-0.1, -0.05) is 12.1 Å². The quantitative estimate of drug-likeness (QED) is 0.435. The van der Waals surface area contributed by atoms with Crippen LogP contribution >= 0.6 is 11.6 Å². The number of benzene rings is 1. The Morgan fingerprint density at radius 3 is 2.33 bits per heavy atom. The summed E-state index contributed by atoms with van der Waals surface area (Å²) in [5, 5.41) is 11.3. The van der Waals surface area contributed by atoms with E-state index in [9.17, 15) is 18.0 Å². The lowest BCUT2D eigenvalue weighted by Crippen LogP contribution is -2.50. The number of sulfone groups is 1. The fourth-order valence-corrected chi connectivity index (χ4v) is 2.94. The van der Waals surface area contributed by atoms with Crippen molar-refractivity contribution in [3.63, 3.8) is 0 Å². The molecule has 0 spiro atoms. The second-order valence-electron chi connectivity index (χ2n) is 5.13. The summed E-state index contributed by atoms with van der Waals surface area (Å²) in [7, 11) is -3.55. The number of carbonyl (C=O) groups is 2. The number of hydrogen-bond donors (Lipinski definition) is 1. The molecule has 1 N–H and O–H groups in total. The molecule has 7 nitrogen and oxygen atoms in total. The summed E-state index contributed by atoms with van der Waals surface area (Å²) in [5.74, 6) is -1.66. The van der Waals surface area contributed by atoms with Crippen molar-refractivity contribution in [2.24, 2.45) is 0 Å². The second kappa shape index (κ2) is 8.66. The van der Waals surface area contributed by atoms with Crippen molar-refractivity contribution in [2.75, 3.05) is 18.6 Å². The lowest BCUT2D eigenvalue weighted by Gasteiger charge is -2.21. The molecule has 0 fully saturated rings. The first-order valence-electron chi connectivity index (χ1n) is 7.06. The number of rotatable bonds is 7. The molecule has 0 heterocycles. The molecular weight excluding hydrogens is 354 g/mol. The molecular formula is C15H18ClN3O4S. The molecule has 0 aliphatic heterocycles. The third-order valence-corrected chi connectivity index (χ3v) is 4.39. The Kier molecular flexibility index (Phi) is 7.19. The van der Waals surface area contributed by atoms with Crippen LogP contribution in [-0.4, -0.2) is 49.7 Å². The van der Waals surface area contributed by atoms with E-state index < -0.39 is 33.4 Å². The summed E-state index contributed by atoms with van der Waals surface area (Å²) in [4.78, 5) is 25.3. The summed E-state index contributed by atoms with van der Waals surface area (Å²) in [6.07, 6.45) is 2.62. The van der Waals surface area contributed by atoms with Crippen molar-refractivity contribution in [3.05, 3.63) is 35.4 Å². The molecule has 0 radical (unpaired) electrons. The van der Waals surface area contributed by atoms with E-state index in [0.717, 1.165) is 16.7 Å². The van der Waals surface area contributed by atoms with Gasteiger partial charge in [0.25, 0.3) is 11.8 Å². The van der Waals surface area contributed by atoms with Crippen molar-refractivity contribution >= 4 is 33.3 Å². The molecule has 2 amide bonds. The van der Waals surface area contributed by atoms with Crippen molar-refractivity contribution in [2.45, 2.75) is 18.8 Å². The summed E-state index contributed by atoms with van der Waals surface area (Å²) in [6.45, 7) is 1.65. The lowest BCUT2D eigenvalue weighted by atomic mass is 10.1. The normalized spacial score (nSPS) is 12.1. The van der Waals surface area contributed by atoms with Crippen LogP contribution in [0.5, 0.6) is 0 Å². The van der Waals surface area contributed by atoms with Crippen molar-refractivity contribution in [1.82, 2.24) is 10.2 Å². The van der Waals surface area contributed by atoms with E-state index in [1.54, 1.807) is 25.2 Å². The number of nitriles is 1. The maximum absolute atomic E-state index is 12.3. The molecule has 0 aliphatic rings. The van der Waals surface area contributed by atoms with Crippen LogP contribution < -0.4 is 5.32 Å². The van der Waals surface area contributed by atoms with Gasteiger partial charge in [-0.3, -0.25) is 9.59 Å². The summed E-state index contributed by atoms with van der Waals surface area (Å²) < 4.78 is 23.1. The average Bonchev–Trinajstić information content (AvgIpc) is 2.54. The molecule has 9 heteroatoms. The zero-order valence-corrected chi connectivity index (χ0v) is 14.9. The number of amides is 2. The molecule has 1 aromatic rings. The Morgan fingerprint density at radius 2 is 1.92 bits per heavy atom. The smallest absolute Gasteiger partial charge is 0.259 e. The molecule has 1 unspecified atom stereocenters. The van der Waals surface area contributed by atoms with E-state index in [2.05, 4.69) is 5.32 Å². The van der Waals surface area contributed by atoms with Gasteiger partial charge in [-0.05, 0) is 24.6 Å². The van der Waals surface area contributed by atoms with Crippen molar-refractivity contribution < 1.29 is 18.0 Å². The van der Waals surface area contributed by atoms with Gasteiger partial charge in [-0.15, -0.1) is 11.6 Å². The Morgan fingerprint density at radius 1 is 1.33 bits per heavy atom. The highest BCUT2D eigenvalue weighted by Gasteiger charge is 2.29. The van der Waals surface area contributed by atoms with Gasteiger partial charge in [0.2, 0.25) is 0 Å². The van der Waals surface area contributed by atoms with Crippen LogP contribution in [0.15, 0.2) is 24.3 Å². The number of nitrogens with zero attached hydrogens (tertiary/aromatic N) is 2. The monoisotopic (exact) mass is 371 g/mol. The second-order valence-corrected chi connectivity index (χ2v) is 7.58. The molecule has 1 atom stereocenters. The molecule has 0 saturated heterocycles. The van der Waals surface area contributed by atoms with Crippen LogP contribution in [-0.2, 0) is 20.5 Å². The third-order valence-electron chi connectivity index (χ3n) is 3.15. The number of likely N-dealkylation sites (N-methyl/N-ethyl adjacent to an activating group) is 1. The van der Waals surface area contributed by atoms with Crippen LogP contribution in [0.25, 0.3) is 0 Å². The first-order valence-corrected chi connectivity index (χ1v) is 9.66. The fraction of sp³-hybridized carbons (Fsp3) is 0.400. The van der Waals surface area contributed by atoms with Crippen LogP contribution in [0.1, 0.15) is 22.8 Å². The zero-order valence-electron chi connectivity index (χ0n) is 13.3. The van der Waals surface area contributed by atoms with E-state index >= 15 is 0 Å². The predicted molar refractivity (Wildman–Crippen MR) is 90.0 cm³/mol. The van der Waals surface area contributed by atoms with Gasteiger partial charge in [0.1, 0.15) is 15.9 Å². The van der Waals surface area contributed by atoms with Crippen LogP contribution in [0.2, 0.25) is 0 Å². The Balaban J connectivity index is 3.00. The Bertz CT molecular complexity index is 741. The van der Waals surface area contributed by atoms with Crippen LogP contribution in [0.3, 0.4) is 0 Å². The van der Waals surface area contributed by atoms with Gasteiger partial charge in [0.15, 0.2) is 6.19 Å². The van der Waals surface area contributed by atoms with Crippen molar-refractivity contribution in [1.29, 1.82) is 5.26 Å². The van der Waals surface area contributed by atoms with Crippen LogP contribution in [0, 0.1) is 11.5 Å². The fourth-order valence-electron chi connectivity index (χ4n) is 1.93. The van der Waals surface area contributed by atoms with E-state index in [-0.39, 0.29) is 12.1 Å². The van der Waals surface area contributed by atoms with Gasteiger partial charge < -0.3 is 5.32 Å². The lowest BCUT2D eigenvalue weighted by molar-refractivity contribution is -0.129. The highest BCUT2D eigenvalue weighted by molar-refractivity contribution is 7.90. The Hall–Kier alpha value is -2.11. The average molecular weight is 372 g/mol. The Labute approximate surface area is 146 Å². The first-order chi connectivity index (χ1) is 11.2. The molecule has 0 bridgehead atoms. The van der Waals surface area contributed by atoms with E-state index in [4.69, 9.17) is 16.9 Å².